The van der Waals surface area contributed by atoms with Crippen molar-refractivity contribution in [3.8, 4) is 5.75 Å². The molecular formula is C17H22N6O4. The van der Waals surface area contributed by atoms with Crippen LogP contribution in [0.5, 0.6) is 5.75 Å². The molecule has 2 rings (SSSR count). The molecule has 0 aliphatic rings. The Labute approximate surface area is 155 Å². The first kappa shape index (κ1) is 19.9. The van der Waals surface area contributed by atoms with Crippen LogP contribution in [0.25, 0.3) is 0 Å². The second kappa shape index (κ2) is 10.5. The average molecular weight is 374 g/mol. The summed E-state index contributed by atoms with van der Waals surface area (Å²) in [5.41, 5.74) is 2.13. The largest absolute Gasteiger partial charge is 0.497 e. The molecule has 0 radical (unpaired) electrons. The van der Waals surface area contributed by atoms with Gasteiger partial charge in [0.1, 0.15) is 5.75 Å². The zero-order valence-electron chi connectivity index (χ0n) is 14.9. The Morgan fingerprint density at radius 3 is 2.70 bits per heavy atom. The quantitative estimate of drug-likeness (QED) is 0.272. The summed E-state index contributed by atoms with van der Waals surface area (Å²) >= 11 is 0. The van der Waals surface area contributed by atoms with Gasteiger partial charge in [-0.1, -0.05) is 6.42 Å². The van der Waals surface area contributed by atoms with E-state index in [1.165, 1.54) is 0 Å². The molecule has 0 atom stereocenters. The second-order valence-corrected chi connectivity index (χ2v) is 5.66. The third-order valence-corrected chi connectivity index (χ3v) is 3.60. The Hall–Kier alpha value is -3.43. The number of hydrogen-bond acceptors (Lipinski definition) is 7. The summed E-state index contributed by atoms with van der Waals surface area (Å²) in [6, 6.07) is 7.30. The highest BCUT2D eigenvalue weighted by molar-refractivity contribution is 5.82. The van der Waals surface area contributed by atoms with Gasteiger partial charge in [-0.2, -0.15) is 5.10 Å². The van der Waals surface area contributed by atoms with Crippen LogP contribution in [0.1, 0.15) is 31.2 Å². The molecular weight excluding hydrogens is 352 g/mol. The number of aromatic amines is 2. The molecule has 2 aromatic rings. The molecule has 0 unspecified atom stereocenters. The van der Waals surface area contributed by atoms with Gasteiger partial charge < -0.3 is 10.1 Å². The lowest BCUT2D eigenvalue weighted by Crippen LogP contribution is -2.27. The molecule has 10 nitrogen and oxygen atoms in total. The molecule has 0 spiro atoms. The number of carbonyl (C=O) groups is 1. The maximum atomic E-state index is 11.7. The van der Waals surface area contributed by atoms with Crippen molar-refractivity contribution in [1.82, 2.24) is 20.6 Å². The lowest BCUT2D eigenvalue weighted by atomic mass is 10.2. The van der Waals surface area contributed by atoms with Gasteiger partial charge in [-0.3, -0.25) is 14.6 Å². The van der Waals surface area contributed by atoms with Crippen LogP contribution in [0.2, 0.25) is 0 Å². The lowest BCUT2D eigenvalue weighted by molar-refractivity contribution is -0.121. The summed E-state index contributed by atoms with van der Waals surface area (Å²) in [5, 5.41) is 12.5. The van der Waals surface area contributed by atoms with Gasteiger partial charge in [0.15, 0.2) is 0 Å². The number of carbonyl (C=O) groups excluding carboxylic acids is 1. The summed E-state index contributed by atoms with van der Waals surface area (Å²) in [6.07, 6.45) is 4.17. The molecule has 1 aromatic carbocycles. The number of aromatic nitrogens is 3. The Morgan fingerprint density at radius 2 is 2.00 bits per heavy atom. The van der Waals surface area contributed by atoms with Crippen LogP contribution in [0, 0.1) is 0 Å². The van der Waals surface area contributed by atoms with Crippen LogP contribution in [-0.4, -0.2) is 41.0 Å². The van der Waals surface area contributed by atoms with E-state index in [0.717, 1.165) is 24.2 Å². The highest BCUT2D eigenvalue weighted by Crippen LogP contribution is 2.09. The van der Waals surface area contributed by atoms with Crippen LogP contribution in [0.15, 0.2) is 39.0 Å². The second-order valence-electron chi connectivity index (χ2n) is 5.66. The molecule has 0 aliphatic carbocycles. The van der Waals surface area contributed by atoms with Crippen molar-refractivity contribution in [2.75, 3.05) is 19.0 Å². The molecule has 144 valence electrons. The van der Waals surface area contributed by atoms with E-state index in [0.29, 0.717) is 19.4 Å². The minimum atomic E-state index is -0.647. The third kappa shape index (κ3) is 7.14. The fourth-order valence-corrected chi connectivity index (χ4v) is 2.19. The molecule has 4 N–H and O–H groups in total. The zero-order chi connectivity index (χ0) is 19.5. The van der Waals surface area contributed by atoms with Crippen LogP contribution < -0.4 is 26.7 Å². The van der Waals surface area contributed by atoms with Crippen LogP contribution in [-0.2, 0) is 4.79 Å². The van der Waals surface area contributed by atoms with E-state index in [2.05, 4.69) is 31.0 Å². The predicted octanol–water partition coefficient (Wildman–Crippen LogP) is 0.589. The van der Waals surface area contributed by atoms with E-state index in [1.807, 2.05) is 24.3 Å². The number of hydrazone groups is 1. The molecule has 1 amide bonds. The van der Waals surface area contributed by atoms with Gasteiger partial charge in [-0.05, 0) is 42.7 Å². The average Bonchev–Trinajstić information content (AvgIpc) is 2.66. The van der Waals surface area contributed by atoms with E-state index < -0.39 is 11.2 Å². The minimum Gasteiger partial charge on any atom is -0.497 e. The number of amides is 1. The number of unbranched alkanes of at least 4 members (excludes halogenated alkanes) is 2. The van der Waals surface area contributed by atoms with Crippen molar-refractivity contribution in [3.05, 3.63) is 50.7 Å². The van der Waals surface area contributed by atoms with Gasteiger partial charge in [-0.25, -0.2) is 15.3 Å². The number of hydrogen-bond donors (Lipinski definition) is 4. The van der Waals surface area contributed by atoms with Gasteiger partial charge in [0.25, 0.3) is 5.56 Å². The fraction of sp³-hybridized carbons (Fsp3) is 0.353. The van der Waals surface area contributed by atoms with Gasteiger partial charge in [0, 0.05) is 13.0 Å². The van der Waals surface area contributed by atoms with Crippen molar-refractivity contribution >= 4 is 17.9 Å². The normalized spacial score (nSPS) is 10.7. The van der Waals surface area contributed by atoms with E-state index >= 15 is 0 Å². The van der Waals surface area contributed by atoms with Crippen molar-refractivity contribution in [3.63, 3.8) is 0 Å². The van der Waals surface area contributed by atoms with Crippen molar-refractivity contribution < 1.29 is 9.53 Å². The standard InChI is InChI=1S/C17H22N6O4/c1-27-13-8-6-12(7-9-13)11-19-21-14(24)5-3-2-4-10-18-15-16(25)20-17(26)23-22-15/h6-9,11H,2-5,10H2,1H3,(H,18,22)(H,21,24)(H2,20,23,25,26)/b19-11-. The summed E-state index contributed by atoms with van der Waals surface area (Å²) in [4.78, 5) is 36.1. The van der Waals surface area contributed by atoms with E-state index in [1.54, 1.807) is 13.3 Å². The van der Waals surface area contributed by atoms with E-state index in [-0.39, 0.29) is 11.7 Å². The number of rotatable bonds is 10. The SMILES string of the molecule is COc1ccc(/C=N\NC(=O)CCCCCNc2n[nH]c(=O)[nH]c2=O)cc1. The first-order valence-corrected chi connectivity index (χ1v) is 8.47. The van der Waals surface area contributed by atoms with Crippen LogP contribution >= 0.6 is 0 Å². The third-order valence-electron chi connectivity index (χ3n) is 3.60. The van der Waals surface area contributed by atoms with Crippen molar-refractivity contribution in [2.45, 2.75) is 25.7 Å². The molecule has 1 aromatic heterocycles. The maximum Gasteiger partial charge on any atom is 0.342 e. The molecule has 10 heteroatoms. The highest BCUT2D eigenvalue weighted by Gasteiger charge is 2.02. The number of nitrogens with zero attached hydrogens (tertiary/aromatic N) is 2. The van der Waals surface area contributed by atoms with Crippen LogP contribution in [0.4, 0.5) is 5.82 Å². The van der Waals surface area contributed by atoms with E-state index in [9.17, 15) is 14.4 Å². The summed E-state index contributed by atoms with van der Waals surface area (Å²) < 4.78 is 5.07. The van der Waals surface area contributed by atoms with Gasteiger partial charge >= 0.3 is 5.69 Å². The fourth-order valence-electron chi connectivity index (χ4n) is 2.19. The number of H-pyrrole nitrogens is 2. The molecule has 0 saturated heterocycles. The van der Waals surface area contributed by atoms with Gasteiger partial charge in [0.2, 0.25) is 11.7 Å². The Morgan fingerprint density at radius 1 is 1.22 bits per heavy atom. The molecule has 0 bridgehead atoms. The predicted molar refractivity (Wildman–Crippen MR) is 101 cm³/mol. The zero-order valence-corrected chi connectivity index (χ0v) is 14.9. The number of anilines is 1. The lowest BCUT2D eigenvalue weighted by Gasteiger charge is -2.04. The molecule has 27 heavy (non-hydrogen) atoms. The molecule has 0 fully saturated rings. The smallest absolute Gasteiger partial charge is 0.342 e. The van der Waals surface area contributed by atoms with Crippen molar-refractivity contribution in [2.24, 2.45) is 5.10 Å². The Kier molecular flexibility index (Phi) is 7.76. The number of nitrogens with one attached hydrogen (secondary N) is 4. The van der Waals surface area contributed by atoms with Gasteiger partial charge in [-0.15, -0.1) is 5.10 Å². The first-order chi connectivity index (χ1) is 13.1. The Bertz CT molecular complexity index is 872. The number of methoxy groups -OCH3 is 1. The summed E-state index contributed by atoms with van der Waals surface area (Å²) in [7, 11) is 1.60. The molecule has 0 aliphatic heterocycles. The molecule has 1 heterocycles. The topological polar surface area (TPSA) is 141 Å². The molecule has 0 saturated carbocycles. The monoisotopic (exact) mass is 374 g/mol. The van der Waals surface area contributed by atoms with Crippen molar-refractivity contribution in [1.29, 1.82) is 0 Å². The van der Waals surface area contributed by atoms with Crippen LogP contribution in [0.3, 0.4) is 0 Å². The van der Waals surface area contributed by atoms with E-state index in [4.69, 9.17) is 4.74 Å². The highest BCUT2D eigenvalue weighted by atomic mass is 16.5. The van der Waals surface area contributed by atoms with Gasteiger partial charge in [0.05, 0.1) is 13.3 Å². The maximum absolute atomic E-state index is 11.7. The minimum absolute atomic E-state index is 0.0696. The summed E-state index contributed by atoms with van der Waals surface area (Å²) in [6.45, 7) is 0.513. The number of benzene rings is 1. The summed E-state index contributed by atoms with van der Waals surface area (Å²) in [5.74, 6) is 0.665. The first-order valence-electron chi connectivity index (χ1n) is 8.47. The number of ether oxygens (including phenoxy) is 1. The Balaban J connectivity index is 1.58.